The summed E-state index contributed by atoms with van der Waals surface area (Å²) in [5.41, 5.74) is -1.43. The molecule has 0 unspecified atom stereocenters. The number of pyridine rings is 1. The average Bonchev–Trinajstić information content (AvgIpc) is 2.46. The van der Waals surface area contributed by atoms with Crippen molar-refractivity contribution in [1.82, 2.24) is 10.1 Å². The fourth-order valence-electron chi connectivity index (χ4n) is 1.20. The molecule has 0 bridgehead atoms. The van der Waals surface area contributed by atoms with Crippen molar-refractivity contribution in [3.63, 3.8) is 0 Å². The number of hydrogen-bond donors (Lipinski definition) is 0. The Bertz CT molecular complexity index is 520. The molecule has 2 heterocycles. The molecular weight excluding hydrogens is 215 g/mol. The summed E-state index contributed by atoms with van der Waals surface area (Å²) in [5.74, 6) is 0. The number of aryl methyl sites for hydroxylation is 1. The van der Waals surface area contributed by atoms with E-state index in [0.29, 0.717) is 0 Å². The number of nitrogens with zero attached hydrogens (tertiary/aromatic N) is 3. The molecule has 8 heteroatoms. The SMILES string of the molecule is Cc1cc(C(F)(F)F)nc2no[n+]([O-])c12. The molecule has 0 fully saturated rings. The molecule has 2 aromatic heterocycles. The first-order valence-electron chi connectivity index (χ1n) is 3.84. The van der Waals surface area contributed by atoms with Crippen molar-refractivity contribution < 1.29 is 22.7 Å². The van der Waals surface area contributed by atoms with Crippen LogP contribution in [0, 0.1) is 12.1 Å². The van der Waals surface area contributed by atoms with Gasteiger partial charge in [-0.3, -0.25) is 4.63 Å². The summed E-state index contributed by atoms with van der Waals surface area (Å²) in [5, 5.41) is 14.0. The Labute approximate surface area is 80.7 Å². The molecule has 0 atom stereocenters. The summed E-state index contributed by atoms with van der Waals surface area (Å²) in [4.78, 5) is 3.20. The lowest BCUT2D eigenvalue weighted by Crippen LogP contribution is -2.24. The van der Waals surface area contributed by atoms with Gasteiger partial charge in [-0.2, -0.15) is 18.2 Å². The van der Waals surface area contributed by atoms with Crippen molar-refractivity contribution in [3.05, 3.63) is 22.5 Å². The van der Waals surface area contributed by atoms with E-state index in [9.17, 15) is 18.4 Å². The number of hydrogen-bond acceptors (Lipinski definition) is 4. The topological polar surface area (TPSA) is 65.9 Å². The molecule has 15 heavy (non-hydrogen) atoms. The molecule has 2 aromatic rings. The quantitative estimate of drug-likeness (QED) is 0.624. The van der Waals surface area contributed by atoms with Gasteiger partial charge < -0.3 is 5.21 Å². The summed E-state index contributed by atoms with van der Waals surface area (Å²) in [6, 6.07) is 0.772. The van der Waals surface area contributed by atoms with Crippen LogP contribution < -0.4 is 4.90 Å². The van der Waals surface area contributed by atoms with Crippen LogP contribution in [0.15, 0.2) is 10.7 Å². The van der Waals surface area contributed by atoms with E-state index < -0.39 is 11.9 Å². The Morgan fingerprint density at radius 2 is 2.13 bits per heavy atom. The highest BCUT2D eigenvalue weighted by atomic mass is 19.4. The van der Waals surface area contributed by atoms with Gasteiger partial charge in [-0.05, 0) is 17.9 Å². The largest absolute Gasteiger partial charge is 0.433 e. The Balaban J connectivity index is 2.74. The minimum atomic E-state index is -4.56. The third kappa shape index (κ3) is 1.47. The van der Waals surface area contributed by atoms with E-state index in [1.165, 1.54) is 6.92 Å². The predicted octanol–water partition coefficient (Wildman–Crippen LogP) is 1.18. The zero-order valence-electron chi connectivity index (χ0n) is 7.37. The molecule has 5 nitrogen and oxygen atoms in total. The lowest BCUT2D eigenvalue weighted by molar-refractivity contribution is -0.782. The molecule has 0 N–H and O–H groups in total. The lowest BCUT2D eigenvalue weighted by Gasteiger charge is -2.04. The van der Waals surface area contributed by atoms with Crippen LogP contribution in [0.3, 0.4) is 0 Å². The van der Waals surface area contributed by atoms with Gasteiger partial charge in [-0.1, -0.05) is 0 Å². The summed E-state index contributed by atoms with van der Waals surface area (Å²) >= 11 is 0. The van der Waals surface area contributed by atoms with E-state index >= 15 is 0 Å². The van der Waals surface area contributed by atoms with Gasteiger partial charge in [0.25, 0.3) is 0 Å². The van der Waals surface area contributed by atoms with Crippen LogP contribution in [0.1, 0.15) is 11.3 Å². The highest BCUT2D eigenvalue weighted by Gasteiger charge is 2.34. The van der Waals surface area contributed by atoms with Crippen LogP contribution in [0.2, 0.25) is 0 Å². The number of alkyl halides is 3. The van der Waals surface area contributed by atoms with Crippen molar-refractivity contribution in [1.29, 1.82) is 0 Å². The third-order valence-electron chi connectivity index (χ3n) is 1.84. The normalized spacial score (nSPS) is 12.3. The summed E-state index contributed by atoms with van der Waals surface area (Å²) in [6.45, 7) is 1.35. The van der Waals surface area contributed by atoms with E-state index in [4.69, 9.17) is 0 Å². The maximum absolute atomic E-state index is 12.3. The zero-order valence-corrected chi connectivity index (χ0v) is 7.37. The van der Waals surface area contributed by atoms with Crippen LogP contribution in [-0.4, -0.2) is 10.1 Å². The summed E-state index contributed by atoms with van der Waals surface area (Å²) in [6.07, 6.45) is -4.56. The molecule has 80 valence electrons. The van der Waals surface area contributed by atoms with Crippen LogP contribution in [0.25, 0.3) is 11.2 Å². The molecule has 0 amide bonds. The molecule has 0 saturated carbocycles. The standard InChI is InChI=1S/C7H4F3N3O2/c1-3-2-4(7(8,9)10)11-6-5(3)13(14)15-12-6/h2H,1H3. The lowest BCUT2D eigenvalue weighted by atomic mass is 10.2. The fraction of sp³-hybridized carbons (Fsp3) is 0.286. The van der Waals surface area contributed by atoms with Crippen molar-refractivity contribution in [2.75, 3.05) is 0 Å². The monoisotopic (exact) mass is 219 g/mol. The fourth-order valence-corrected chi connectivity index (χ4v) is 1.20. The van der Waals surface area contributed by atoms with E-state index in [1.807, 2.05) is 0 Å². The first-order valence-corrected chi connectivity index (χ1v) is 3.84. The Hall–Kier alpha value is -1.86. The number of halogens is 3. The van der Waals surface area contributed by atoms with Crippen molar-refractivity contribution >= 4 is 11.2 Å². The molecular formula is C7H4F3N3O2. The molecule has 0 aliphatic rings. The summed E-state index contributed by atoms with van der Waals surface area (Å²) < 4.78 is 41.0. The molecule has 0 spiro atoms. The van der Waals surface area contributed by atoms with Crippen molar-refractivity contribution in [2.45, 2.75) is 13.1 Å². The summed E-state index contributed by atoms with van der Waals surface area (Å²) in [7, 11) is 0. The minimum absolute atomic E-state index is 0.0256. The average molecular weight is 219 g/mol. The van der Waals surface area contributed by atoms with Gasteiger partial charge in [0.05, 0.1) is 5.16 Å². The molecule has 0 aliphatic heterocycles. The highest BCUT2D eigenvalue weighted by Crippen LogP contribution is 2.29. The second-order valence-electron chi connectivity index (χ2n) is 2.92. The van der Waals surface area contributed by atoms with Gasteiger partial charge in [-0.25, -0.2) is 0 Å². The highest BCUT2D eigenvalue weighted by molar-refractivity contribution is 5.69. The van der Waals surface area contributed by atoms with Crippen LogP contribution in [0.5, 0.6) is 0 Å². The van der Waals surface area contributed by atoms with Gasteiger partial charge >= 0.3 is 11.8 Å². The molecule has 0 radical (unpaired) electrons. The Morgan fingerprint density at radius 1 is 1.47 bits per heavy atom. The number of aromatic nitrogens is 3. The second kappa shape index (κ2) is 2.81. The second-order valence-corrected chi connectivity index (χ2v) is 2.92. The number of rotatable bonds is 0. The van der Waals surface area contributed by atoms with Gasteiger partial charge in [0.15, 0.2) is 0 Å². The smallest absolute Gasteiger partial charge is 0.359 e. The van der Waals surface area contributed by atoms with Gasteiger partial charge in [-0.15, -0.1) is 0 Å². The molecule has 0 aliphatic carbocycles. The maximum atomic E-state index is 12.3. The van der Waals surface area contributed by atoms with Crippen LogP contribution >= 0.6 is 0 Å². The van der Waals surface area contributed by atoms with E-state index in [-0.39, 0.29) is 21.6 Å². The van der Waals surface area contributed by atoms with Crippen molar-refractivity contribution in [3.8, 4) is 0 Å². The van der Waals surface area contributed by atoms with Gasteiger partial charge in [0.2, 0.25) is 5.52 Å². The molecule has 0 saturated heterocycles. The first-order chi connectivity index (χ1) is 6.89. The van der Waals surface area contributed by atoms with E-state index in [1.54, 1.807) is 0 Å². The third-order valence-corrected chi connectivity index (χ3v) is 1.84. The molecule has 0 aromatic carbocycles. The van der Waals surface area contributed by atoms with Crippen LogP contribution in [-0.2, 0) is 6.18 Å². The Morgan fingerprint density at radius 3 is 2.73 bits per heavy atom. The zero-order chi connectivity index (χ0) is 11.2. The Kier molecular flexibility index (Phi) is 1.82. The first kappa shape index (κ1) is 9.69. The maximum Gasteiger partial charge on any atom is 0.433 e. The van der Waals surface area contributed by atoms with Crippen molar-refractivity contribution in [2.24, 2.45) is 0 Å². The van der Waals surface area contributed by atoms with Gasteiger partial charge in [0, 0.05) is 5.56 Å². The minimum Gasteiger partial charge on any atom is -0.359 e. The van der Waals surface area contributed by atoms with Gasteiger partial charge in [0.1, 0.15) is 5.69 Å². The van der Waals surface area contributed by atoms with E-state index in [2.05, 4.69) is 14.8 Å². The van der Waals surface area contributed by atoms with E-state index in [0.717, 1.165) is 6.07 Å². The van der Waals surface area contributed by atoms with Crippen LogP contribution in [0.4, 0.5) is 13.2 Å². The predicted molar refractivity (Wildman–Crippen MR) is 40.5 cm³/mol. The molecule has 2 rings (SSSR count). The number of fused-ring (bicyclic) bond motifs is 1.